The first-order chi connectivity index (χ1) is 11.8. The number of rotatable bonds is 6. The summed E-state index contributed by atoms with van der Waals surface area (Å²) in [5.41, 5.74) is 2.97. The van der Waals surface area contributed by atoms with Crippen LogP contribution in [-0.2, 0) is 4.74 Å². The molecular formula is C20H21N3O. The van der Waals surface area contributed by atoms with E-state index in [1.54, 1.807) is 7.11 Å². The minimum absolute atomic E-state index is 0.164. The highest BCUT2D eigenvalue weighted by molar-refractivity contribution is 5.67. The van der Waals surface area contributed by atoms with E-state index in [0.29, 0.717) is 12.4 Å². The zero-order valence-corrected chi connectivity index (χ0v) is 13.9. The fraction of sp³-hybridized carbons (Fsp3) is 0.200. The van der Waals surface area contributed by atoms with Crippen molar-refractivity contribution in [2.45, 2.75) is 13.0 Å². The Bertz CT molecular complexity index is 718. The fourth-order valence-corrected chi connectivity index (χ4v) is 2.54. The summed E-state index contributed by atoms with van der Waals surface area (Å²) in [5, 5.41) is 3.39. The van der Waals surface area contributed by atoms with Gasteiger partial charge in [0.15, 0.2) is 5.82 Å². The molecule has 1 aromatic heterocycles. The Balaban J connectivity index is 2.02. The van der Waals surface area contributed by atoms with Crippen molar-refractivity contribution in [3.63, 3.8) is 0 Å². The second-order valence-electron chi connectivity index (χ2n) is 5.69. The summed E-state index contributed by atoms with van der Waals surface area (Å²) in [6, 6.07) is 22.3. The molecule has 0 aliphatic rings. The van der Waals surface area contributed by atoms with E-state index in [1.165, 1.54) is 0 Å². The van der Waals surface area contributed by atoms with Crippen molar-refractivity contribution in [3.05, 3.63) is 66.7 Å². The first-order valence-corrected chi connectivity index (χ1v) is 8.01. The number of ether oxygens (including phenoxy) is 1. The summed E-state index contributed by atoms with van der Waals surface area (Å²) in [6.45, 7) is 2.68. The van der Waals surface area contributed by atoms with Gasteiger partial charge in [-0.25, -0.2) is 9.97 Å². The smallest absolute Gasteiger partial charge is 0.162 e. The van der Waals surface area contributed by atoms with Crippen molar-refractivity contribution in [2.24, 2.45) is 0 Å². The average Bonchev–Trinajstić information content (AvgIpc) is 2.63. The number of hydrogen-bond acceptors (Lipinski definition) is 4. The SMILES string of the molecule is COCC(C)Nc1cc(-c2ccccc2)nc(-c2ccccc2)n1. The monoisotopic (exact) mass is 319 g/mol. The van der Waals surface area contributed by atoms with Gasteiger partial charge in [-0.2, -0.15) is 0 Å². The quantitative estimate of drug-likeness (QED) is 0.737. The lowest BCUT2D eigenvalue weighted by Gasteiger charge is -2.15. The molecule has 4 heteroatoms. The molecule has 0 saturated heterocycles. The molecule has 0 radical (unpaired) electrons. The molecule has 0 aliphatic carbocycles. The minimum atomic E-state index is 0.164. The maximum absolute atomic E-state index is 5.20. The molecule has 0 bridgehead atoms. The van der Waals surface area contributed by atoms with E-state index in [2.05, 4.69) is 29.4 Å². The van der Waals surface area contributed by atoms with Crippen molar-refractivity contribution in [2.75, 3.05) is 19.0 Å². The number of hydrogen-bond donors (Lipinski definition) is 1. The van der Waals surface area contributed by atoms with Crippen LogP contribution >= 0.6 is 0 Å². The zero-order chi connectivity index (χ0) is 16.8. The third kappa shape index (κ3) is 3.97. The predicted octanol–water partition coefficient (Wildman–Crippen LogP) is 4.26. The van der Waals surface area contributed by atoms with E-state index >= 15 is 0 Å². The molecule has 0 saturated carbocycles. The molecular weight excluding hydrogens is 298 g/mol. The van der Waals surface area contributed by atoms with Crippen LogP contribution in [-0.4, -0.2) is 29.7 Å². The Hall–Kier alpha value is -2.72. The van der Waals surface area contributed by atoms with Gasteiger partial charge in [-0.3, -0.25) is 0 Å². The maximum Gasteiger partial charge on any atom is 0.162 e. The van der Waals surface area contributed by atoms with Crippen LogP contribution in [0.2, 0.25) is 0 Å². The van der Waals surface area contributed by atoms with E-state index in [1.807, 2.05) is 54.6 Å². The molecule has 1 heterocycles. The van der Waals surface area contributed by atoms with Crippen LogP contribution in [0.15, 0.2) is 66.7 Å². The molecule has 3 aromatic rings. The normalized spacial score (nSPS) is 11.9. The van der Waals surface area contributed by atoms with Gasteiger partial charge in [0.25, 0.3) is 0 Å². The average molecular weight is 319 g/mol. The first kappa shape index (κ1) is 16.1. The Morgan fingerprint density at radius 2 is 1.54 bits per heavy atom. The fourth-order valence-electron chi connectivity index (χ4n) is 2.54. The van der Waals surface area contributed by atoms with Gasteiger partial charge >= 0.3 is 0 Å². The van der Waals surface area contributed by atoms with Crippen LogP contribution in [0.3, 0.4) is 0 Å². The number of anilines is 1. The van der Waals surface area contributed by atoms with Crippen molar-refractivity contribution in [1.29, 1.82) is 0 Å². The standard InChI is InChI=1S/C20H21N3O/c1-15(14-24-2)21-19-13-18(16-9-5-3-6-10-16)22-20(23-19)17-11-7-4-8-12-17/h3-13,15H,14H2,1-2H3,(H,21,22,23). The maximum atomic E-state index is 5.20. The van der Waals surface area contributed by atoms with Gasteiger partial charge < -0.3 is 10.1 Å². The zero-order valence-electron chi connectivity index (χ0n) is 13.9. The molecule has 3 rings (SSSR count). The summed E-state index contributed by atoms with van der Waals surface area (Å²) in [4.78, 5) is 9.42. The van der Waals surface area contributed by atoms with Crippen LogP contribution in [0.4, 0.5) is 5.82 Å². The van der Waals surface area contributed by atoms with E-state index in [0.717, 1.165) is 22.6 Å². The lowest BCUT2D eigenvalue weighted by Crippen LogP contribution is -2.21. The highest BCUT2D eigenvalue weighted by Gasteiger charge is 2.10. The third-order valence-electron chi connectivity index (χ3n) is 3.64. The van der Waals surface area contributed by atoms with Crippen LogP contribution in [0.25, 0.3) is 22.6 Å². The Morgan fingerprint density at radius 1 is 0.917 bits per heavy atom. The van der Waals surface area contributed by atoms with E-state index < -0.39 is 0 Å². The number of methoxy groups -OCH3 is 1. The number of nitrogens with zero attached hydrogens (tertiary/aromatic N) is 2. The summed E-state index contributed by atoms with van der Waals surface area (Å²) in [7, 11) is 1.70. The lowest BCUT2D eigenvalue weighted by atomic mass is 10.1. The predicted molar refractivity (Wildman–Crippen MR) is 97.9 cm³/mol. The summed E-state index contributed by atoms with van der Waals surface area (Å²) >= 11 is 0. The molecule has 0 amide bonds. The Labute approximate surface area is 142 Å². The van der Waals surface area contributed by atoms with Crippen LogP contribution in [0, 0.1) is 0 Å². The molecule has 0 fully saturated rings. The topological polar surface area (TPSA) is 47.0 Å². The summed E-state index contributed by atoms with van der Waals surface area (Å²) in [6.07, 6.45) is 0. The van der Waals surface area contributed by atoms with Crippen molar-refractivity contribution >= 4 is 5.82 Å². The van der Waals surface area contributed by atoms with Gasteiger partial charge in [-0.1, -0.05) is 60.7 Å². The highest BCUT2D eigenvalue weighted by Crippen LogP contribution is 2.24. The number of aromatic nitrogens is 2. The van der Waals surface area contributed by atoms with Crippen LogP contribution in [0.1, 0.15) is 6.92 Å². The van der Waals surface area contributed by atoms with Gasteiger partial charge in [-0.05, 0) is 6.92 Å². The van der Waals surface area contributed by atoms with Crippen molar-refractivity contribution < 1.29 is 4.74 Å². The van der Waals surface area contributed by atoms with E-state index in [-0.39, 0.29) is 6.04 Å². The number of benzene rings is 2. The molecule has 1 unspecified atom stereocenters. The van der Waals surface area contributed by atoms with Gasteiger partial charge in [-0.15, -0.1) is 0 Å². The molecule has 122 valence electrons. The second-order valence-corrected chi connectivity index (χ2v) is 5.69. The first-order valence-electron chi connectivity index (χ1n) is 8.01. The van der Waals surface area contributed by atoms with Crippen LogP contribution in [0.5, 0.6) is 0 Å². The molecule has 1 atom stereocenters. The summed E-state index contributed by atoms with van der Waals surface area (Å²) in [5.74, 6) is 1.51. The highest BCUT2D eigenvalue weighted by atomic mass is 16.5. The van der Waals surface area contributed by atoms with Gasteiger partial charge in [0.05, 0.1) is 12.3 Å². The number of nitrogens with one attached hydrogen (secondary N) is 1. The molecule has 2 aromatic carbocycles. The minimum Gasteiger partial charge on any atom is -0.383 e. The van der Waals surface area contributed by atoms with Crippen molar-refractivity contribution in [3.8, 4) is 22.6 Å². The van der Waals surface area contributed by atoms with Crippen molar-refractivity contribution in [1.82, 2.24) is 9.97 Å². The van der Waals surface area contributed by atoms with Crippen LogP contribution < -0.4 is 5.32 Å². The Morgan fingerprint density at radius 3 is 2.17 bits per heavy atom. The van der Waals surface area contributed by atoms with E-state index in [4.69, 9.17) is 9.72 Å². The molecule has 1 N–H and O–H groups in total. The second kappa shape index (κ2) is 7.70. The Kier molecular flexibility index (Phi) is 5.18. The molecule has 4 nitrogen and oxygen atoms in total. The van der Waals surface area contributed by atoms with Gasteiger partial charge in [0, 0.05) is 30.3 Å². The summed E-state index contributed by atoms with van der Waals surface area (Å²) < 4.78 is 5.20. The molecule has 24 heavy (non-hydrogen) atoms. The molecule has 0 spiro atoms. The third-order valence-corrected chi connectivity index (χ3v) is 3.64. The van der Waals surface area contributed by atoms with Gasteiger partial charge in [0.2, 0.25) is 0 Å². The lowest BCUT2D eigenvalue weighted by molar-refractivity contribution is 0.190. The molecule has 0 aliphatic heterocycles. The van der Waals surface area contributed by atoms with Gasteiger partial charge in [0.1, 0.15) is 5.82 Å². The van der Waals surface area contributed by atoms with E-state index in [9.17, 15) is 0 Å². The largest absolute Gasteiger partial charge is 0.383 e.